The second-order valence-electron chi connectivity index (χ2n) is 4.13. The van der Waals surface area contributed by atoms with Crippen LogP contribution in [0.1, 0.15) is 29.8 Å². The van der Waals surface area contributed by atoms with Crippen LogP contribution < -0.4 is 4.74 Å². The number of benzene rings is 1. The maximum atomic E-state index is 12.5. The Morgan fingerprint density at radius 2 is 1.76 bits per heavy atom. The lowest BCUT2D eigenvalue weighted by Gasteiger charge is -2.17. The molecule has 0 aliphatic carbocycles. The largest absolute Gasteiger partial charge is 0.496 e. The molecule has 0 amide bonds. The quantitative estimate of drug-likeness (QED) is 0.541. The molecule has 0 unspecified atom stereocenters. The summed E-state index contributed by atoms with van der Waals surface area (Å²) in [6, 6.07) is 4.93. The first-order valence-electron chi connectivity index (χ1n) is 6.63. The molecule has 0 fully saturated rings. The zero-order chi connectivity index (χ0) is 15.9. The minimum absolute atomic E-state index is 0.0860. The van der Waals surface area contributed by atoms with Crippen molar-refractivity contribution in [3.63, 3.8) is 0 Å². The predicted octanol–water partition coefficient (Wildman–Crippen LogP) is 3.25. The highest BCUT2D eigenvalue weighted by molar-refractivity contribution is 7.53. The van der Waals surface area contributed by atoms with Crippen LogP contribution in [-0.2, 0) is 24.5 Å². The summed E-state index contributed by atoms with van der Waals surface area (Å²) in [7, 11) is -0.460. The molecule has 0 bridgehead atoms. The van der Waals surface area contributed by atoms with Crippen LogP contribution in [0.25, 0.3) is 0 Å². The fraction of sp³-hybridized carbons (Fsp3) is 0.500. The Labute approximate surface area is 124 Å². The van der Waals surface area contributed by atoms with Crippen molar-refractivity contribution in [1.29, 1.82) is 0 Å². The molecule has 0 N–H and O–H groups in total. The van der Waals surface area contributed by atoms with Crippen molar-refractivity contribution in [2.24, 2.45) is 0 Å². The van der Waals surface area contributed by atoms with Crippen LogP contribution >= 0.6 is 7.60 Å². The van der Waals surface area contributed by atoms with Crippen LogP contribution in [0.2, 0.25) is 0 Å². The number of rotatable bonds is 8. The Balaban J connectivity index is 3.08. The van der Waals surface area contributed by atoms with Gasteiger partial charge >= 0.3 is 13.6 Å². The number of hydrogen-bond acceptors (Lipinski definition) is 6. The van der Waals surface area contributed by atoms with Gasteiger partial charge in [-0.2, -0.15) is 0 Å². The predicted molar refractivity (Wildman–Crippen MR) is 78.9 cm³/mol. The van der Waals surface area contributed by atoms with E-state index >= 15 is 0 Å². The third kappa shape index (κ3) is 4.84. The van der Waals surface area contributed by atoms with Crippen molar-refractivity contribution >= 4 is 13.6 Å². The van der Waals surface area contributed by atoms with Gasteiger partial charge in [-0.15, -0.1) is 0 Å². The lowest BCUT2D eigenvalue weighted by atomic mass is 10.1. The van der Waals surface area contributed by atoms with E-state index in [4.69, 9.17) is 18.5 Å². The zero-order valence-corrected chi connectivity index (χ0v) is 13.6. The van der Waals surface area contributed by atoms with Crippen molar-refractivity contribution in [1.82, 2.24) is 0 Å². The van der Waals surface area contributed by atoms with Gasteiger partial charge in [0.05, 0.1) is 33.6 Å². The van der Waals surface area contributed by atoms with Gasteiger partial charge in [0, 0.05) is 0 Å². The van der Waals surface area contributed by atoms with Gasteiger partial charge in [0.1, 0.15) is 11.3 Å². The van der Waals surface area contributed by atoms with E-state index in [-0.39, 0.29) is 24.9 Å². The molecule has 7 heteroatoms. The molecule has 118 valence electrons. The smallest absolute Gasteiger partial charge is 0.341 e. The van der Waals surface area contributed by atoms with Gasteiger partial charge in [0.15, 0.2) is 0 Å². The zero-order valence-electron chi connectivity index (χ0n) is 12.8. The van der Waals surface area contributed by atoms with Crippen LogP contribution in [0.3, 0.4) is 0 Å². The van der Waals surface area contributed by atoms with Gasteiger partial charge < -0.3 is 18.5 Å². The molecule has 0 saturated carbocycles. The average Bonchev–Trinajstić information content (AvgIpc) is 2.46. The van der Waals surface area contributed by atoms with E-state index < -0.39 is 13.6 Å². The summed E-state index contributed by atoms with van der Waals surface area (Å²) in [4.78, 5) is 11.7. The average molecular weight is 316 g/mol. The third-order valence-corrected chi connectivity index (χ3v) is 4.75. The lowest BCUT2D eigenvalue weighted by Crippen LogP contribution is -2.06. The fourth-order valence-electron chi connectivity index (χ4n) is 1.87. The summed E-state index contributed by atoms with van der Waals surface area (Å²) in [6.45, 7) is 4.08. The maximum Gasteiger partial charge on any atom is 0.341 e. The van der Waals surface area contributed by atoms with Gasteiger partial charge in [-0.25, -0.2) is 4.79 Å². The van der Waals surface area contributed by atoms with E-state index in [1.807, 2.05) is 0 Å². The van der Waals surface area contributed by atoms with Crippen LogP contribution in [0, 0.1) is 0 Å². The van der Waals surface area contributed by atoms with Crippen molar-refractivity contribution in [3.8, 4) is 5.75 Å². The molecule has 0 aliphatic rings. The van der Waals surface area contributed by atoms with E-state index in [1.165, 1.54) is 14.2 Å². The van der Waals surface area contributed by atoms with E-state index in [9.17, 15) is 9.36 Å². The summed E-state index contributed by atoms with van der Waals surface area (Å²) in [6.07, 6.45) is 0.0860. The van der Waals surface area contributed by atoms with E-state index in [2.05, 4.69) is 0 Å². The minimum atomic E-state index is -3.22. The molecular formula is C14H21O6P. The third-order valence-electron chi connectivity index (χ3n) is 2.70. The minimum Gasteiger partial charge on any atom is -0.496 e. The molecule has 1 aromatic rings. The number of carbonyl (C=O) groups excluding carboxylic acids is 1. The summed E-state index contributed by atoms with van der Waals surface area (Å²) in [5.74, 6) is -0.121. The summed E-state index contributed by atoms with van der Waals surface area (Å²) >= 11 is 0. The maximum absolute atomic E-state index is 12.5. The lowest BCUT2D eigenvalue weighted by molar-refractivity contribution is 0.0597. The molecule has 21 heavy (non-hydrogen) atoms. The van der Waals surface area contributed by atoms with Crippen LogP contribution in [0.4, 0.5) is 0 Å². The highest BCUT2D eigenvalue weighted by atomic mass is 31.2. The normalized spacial score (nSPS) is 11.2. The number of methoxy groups -OCH3 is 2. The molecule has 1 aromatic carbocycles. The number of esters is 1. The molecule has 0 spiro atoms. The Kier molecular flexibility index (Phi) is 6.89. The summed E-state index contributed by atoms with van der Waals surface area (Å²) in [5, 5.41) is 0. The standard InChI is InChI=1S/C14H21O6P/c1-5-19-21(16,20-6-2)10-11-7-8-13(17-3)12(9-11)14(15)18-4/h7-9H,5-6,10H2,1-4H3. The number of carbonyl (C=O) groups is 1. The Morgan fingerprint density at radius 3 is 2.24 bits per heavy atom. The van der Waals surface area contributed by atoms with Gasteiger partial charge in [-0.05, 0) is 31.5 Å². The highest BCUT2D eigenvalue weighted by Crippen LogP contribution is 2.51. The van der Waals surface area contributed by atoms with E-state index in [0.717, 1.165) is 0 Å². The fourth-order valence-corrected chi connectivity index (χ4v) is 3.56. The number of hydrogen-bond donors (Lipinski definition) is 0. The monoisotopic (exact) mass is 316 g/mol. The molecule has 0 aliphatic heterocycles. The van der Waals surface area contributed by atoms with Crippen molar-refractivity contribution in [3.05, 3.63) is 29.3 Å². The molecular weight excluding hydrogens is 295 g/mol. The van der Waals surface area contributed by atoms with Gasteiger partial charge in [-0.1, -0.05) is 6.07 Å². The van der Waals surface area contributed by atoms with Crippen LogP contribution in [0.5, 0.6) is 5.75 Å². The van der Waals surface area contributed by atoms with Crippen molar-refractivity contribution in [2.45, 2.75) is 20.0 Å². The second kappa shape index (κ2) is 8.17. The Morgan fingerprint density at radius 1 is 1.14 bits per heavy atom. The van der Waals surface area contributed by atoms with E-state index in [0.29, 0.717) is 11.3 Å². The molecule has 0 heterocycles. The van der Waals surface area contributed by atoms with Crippen LogP contribution in [0.15, 0.2) is 18.2 Å². The summed E-state index contributed by atoms with van der Waals surface area (Å²) in [5.41, 5.74) is 0.929. The topological polar surface area (TPSA) is 71.1 Å². The van der Waals surface area contributed by atoms with Crippen molar-refractivity contribution in [2.75, 3.05) is 27.4 Å². The first-order chi connectivity index (χ1) is 9.99. The van der Waals surface area contributed by atoms with Crippen molar-refractivity contribution < 1.29 is 27.9 Å². The molecule has 0 radical (unpaired) electrons. The molecule has 1 rings (SSSR count). The first-order valence-corrected chi connectivity index (χ1v) is 8.35. The van der Waals surface area contributed by atoms with Gasteiger partial charge in [-0.3, -0.25) is 4.57 Å². The molecule has 0 atom stereocenters. The first kappa shape index (κ1) is 17.7. The SMILES string of the molecule is CCOP(=O)(Cc1ccc(OC)c(C(=O)OC)c1)OCC. The Hall–Kier alpha value is -1.36. The second-order valence-corrected chi connectivity index (χ2v) is 6.19. The van der Waals surface area contributed by atoms with Gasteiger partial charge in [0.25, 0.3) is 0 Å². The highest BCUT2D eigenvalue weighted by Gasteiger charge is 2.25. The molecule has 6 nitrogen and oxygen atoms in total. The Bertz CT molecular complexity index is 518. The molecule has 0 aromatic heterocycles. The van der Waals surface area contributed by atoms with Gasteiger partial charge in [0.2, 0.25) is 0 Å². The molecule has 0 saturated heterocycles. The summed E-state index contributed by atoms with van der Waals surface area (Å²) < 4.78 is 32.8. The van der Waals surface area contributed by atoms with Crippen LogP contribution in [-0.4, -0.2) is 33.4 Å². The number of ether oxygens (including phenoxy) is 2. The van der Waals surface area contributed by atoms with E-state index in [1.54, 1.807) is 32.0 Å².